The molecule has 0 aromatic carbocycles. The second-order valence-corrected chi connectivity index (χ2v) is 1.89. The number of hydrogen-bond donors (Lipinski definition) is 3. The first-order chi connectivity index (χ1) is 5.29. The Kier molecular flexibility index (Phi) is 4.55. The summed E-state index contributed by atoms with van der Waals surface area (Å²) in [7, 11) is 0. The number of nitrogens with two attached hydrogens (primary N) is 2. The van der Waals surface area contributed by atoms with Crippen LogP contribution in [0.1, 0.15) is 5.69 Å². The van der Waals surface area contributed by atoms with Crippen LogP contribution in [0.5, 0.6) is 0 Å². The van der Waals surface area contributed by atoms with Gasteiger partial charge in [-0.25, -0.2) is 0 Å². The first kappa shape index (κ1) is 10.5. The molecule has 0 aliphatic rings. The molecule has 0 saturated carbocycles. The molecular formula is C6H10ClN5. The average Bonchev–Trinajstić information content (AvgIpc) is 2.39. The van der Waals surface area contributed by atoms with Crippen molar-refractivity contribution in [2.45, 2.75) is 0 Å². The summed E-state index contributed by atoms with van der Waals surface area (Å²) >= 11 is 0. The van der Waals surface area contributed by atoms with Crippen molar-refractivity contribution in [2.75, 3.05) is 0 Å². The molecule has 6 heteroatoms. The predicted molar refractivity (Wildman–Crippen MR) is 51.4 cm³/mol. The van der Waals surface area contributed by atoms with Crippen LogP contribution in [-0.2, 0) is 0 Å². The number of nitrogens with zero attached hydrogens (tertiary/aromatic N) is 2. The van der Waals surface area contributed by atoms with Gasteiger partial charge in [0.2, 0.25) is 5.96 Å². The Balaban J connectivity index is 0.00000121. The van der Waals surface area contributed by atoms with Crippen molar-refractivity contribution in [1.29, 1.82) is 0 Å². The van der Waals surface area contributed by atoms with Crippen LogP contribution in [0.3, 0.4) is 0 Å². The summed E-state index contributed by atoms with van der Waals surface area (Å²) in [4.78, 5) is 2.91. The normalized spacial score (nSPS) is 9.33. The van der Waals surface area contributed by atoms with Crippen molar-refractivity contribution in [3.8, 4) is 0 Å². The molecule has 0 aliphatic carbocycles. The van der Waals surface area contributed by atoms with E-state index in [1.807, 2.05) is 12.1 Å². The Labute approximate surface area is 76.0 Å². The Bertz CT molecular complexity index is 259. The van der Waals surface area contributed by atoms with Gasteiger partial charge in [0, 0.05) is 6.20 Å². The fourth-order valence-corrected chi connectivity index (χ4v) is 0.582. The van der Waals surface area contributed by atoms with Crippen molar-refractivity contribution in [3.05, 3.63) is 24.0 Å². The minimum absolute atomic E-state index is 0. The van der Waals surface area contributed by atoms with E-state index >= 15 is 0 Å². The third kappa shape index (κ3) is 3.62. The maximum absolute atomic E-state index is 5.04. The highest BCUT2D eigenvalue weighted by Gasteiger charge is 1.82. The number of aromatic nitrogens is 1. The summed E-state index contributed by atoms with van der Waals surface area (Å²) in [6, 6.07) is 3.71. The number of aromatic amines is 1. The summed E-state index contributed by atoms with van der Waals surface area (Å²) in [6.45, 7) is 0. The Morgan fingerprint density at radius 2 is 2.25 bits per heavy atom. The summed E-state index contributed by atoms with van der Waals surface area (Å²) in [5.74, 6) is -0.0483. The second-order valence-electron chi connectivity index (χ2n) is 1.89. The summed E-state index contributed by atoms with van der Waals surface area (Å²) < 4.78 is 0. The van der Waals surface area contributed by atoms with Gasteiger partial charge in [-0.2, -0.15) is 5.10 Å². The van der Waals surface area contributed by atoms with E-state index in [-0.39, 0.29) is 18.4 Å². The lowest BCUT2D eigenvalue weighted by Gasteiger charge is -1.83. The smallest absolute Gasteiger partial charge is 0.211 e. The molecule has 1 aromatic rings. The quantitative estimate of drug-likeness (QED) is 0.347. The Hall–Kier alpha value is -1.49. The molecule has 0 unspecified atom stereocenters. The average molecular weight is 188 g/mol. The first-order valence-electron chi connectivity index (χ1n) is 3.04. The zero-order valence-electron chi connectivity index (χ0n) is 6.27. The highest BCUT2D eigenvalue weighted by atomic mass is 35.5. The van der Waals surface area contributed by atoms with Crippen molar-refractivity contribution in [2.24, 2.45) is 21.7 Å². The van der Waals surface area contributed by atoms with Crippen molar-refractivity contribution in [3.63, 3.8) is 0 Å². The number of H-pyrrole nitrogens is 1. The van der Waals surface area contributed by atoms with Gasteiger partial charge in [0.05, 0.1) is 11.9 Å². The van der Waals surface area contributed by atoms with Gasteiger partial charge in [-0.1, -0.05) is 0 Å². The molecule has 5 N–H and O–H groups in total. The SMILES string of the molecule is Cl.NC(N)=N/N=C/c1ccc[nH]1. The molecule has 0 spiro atoms. The van der Waals surface area contributed by atoms with Crippen LogP contribution >= 0.6 is 12.4 Å². The van der Waals surface area contributed by atoms with Gasteiger partial charge in [-0.15, -0.1) is 17.5 Å². The lowest BCUT2D eigenvalue weighted by molar-refractivity contribution is 1.21. The molecule has 0 aliphatic heterocycles. The molecule has 0 fully saturated rings. The maximum Gasteiger partial charge on any atom is 0.211 e. The molecule has 0 amide bonds. The Morgan fingerprint density at radius 1 is 1.50 bits per heavy atom. The van der Waals surface area contributed by atoms with Gasteiger partial charge in [-0.05, 0) is 12.1 Å². The number of nitrogens with one attached hydrogen (secondary N) is 1. The van der Waals surface area contributed by atoms with Gasteiger partial charge >= 0.3 is 0 Å². The van der Waals surface area contributed by atoms with E-state index in [2.05, 4.69) is 15.2 Å². The van der Waals surface area contributed by atoms with Crippen LogP contribution in [0.15, 0.2) is 28.5 Å². The second kappa shape index (κ2) is 5.20. The molecule has 5 nitrogen and oxygen atoms in total. The molecule has 1 rings (SSSR count). The monoisotopic (exact) mass is 187 g/mol. The molecule has 0 bridgehead atoms. The van der Waals surface area contributed by atoms with Crippen LogP contribution in [0.25, 0.3) is 0 Å². The molecule has 66 valence electrons. The van der Waals surface area contributed by atoms with Crippen LogP contribution in [-0.4, -0.2) is 17.2 Å². The lowest BCUT2D eigenvalue weighted by atomic mass is 10.5. The third-order valence-electron chi connectivity index (χ3n) is 0.992. The third-order valence-corrected chi connectivity index (χ3v) is 0.992. The molecule has 0 saturated heterocycles. The van der Waals surface area contributed by atoms with Crippen molar-refractivity contribution >= 4 is 24.6 Å². The molecule has 1 aromatic heterocycles. The van der Waals surface area contributed by atoms with Crippen LogP contribution in [0, 0.1) is 0 Å². The lowest BCUT2D eigenvalue weighted by Crippen LogP contribution is -2.21. The molecule has 1 heterocycles. The summed E-state index contributed by atoms with van der Waals surface area (Å²) in [5, 5.41) is 7.02. The van der Waals surface area contributed by atoms with Gasteiger partial charge in [-0.3, -0.25) is 0 Å². The van der Waals surface area contributed by atoms with Crippen LogP contribution in [0.2, 0.25) is 0 Å². The topological polar surface area (TPSA) is 92.6 Å². The van der Waals surface area contributed by atoms with E-state index in [4.69, 9.17) is 11.5 Å². The van der Waals surface area contributed by atoms with Crippen molar-refractivity contribution in [1.82, 2.24) is 4.98 Å². The summed E-state index contributed by atoms with van der Waals surface area (Å²) in [6.07, 6.45) is 3.32. The van der Waals surface area contributed by atoms with E-state index in [1.165, 1.54) is 6.21 Å². The highest BCUT2D eigenvalue weighted by molar-refractivity contribution is 5.85. The molecule has 0 atom stereocenters. The van der Waals surface area contributed by atoms with Gasteiger partial charge in [0.15, 0.2) is 0 Å². The Morgan fingerprint density at radius 3 is 2.75 bits per heavy atom. The minimum Gasteiger partial charge on any atom is -0.369 e. The standard InChI is InChI=1S/C6H9N5.ClH/c7-6(8)11-10-4-5-2-1-3-9-5;/h1-4,9H,(H4,7,8,11);1H/b10-4+;. The predicted octanol–water partition coefficient (Wildman–Crippen LogP) is 0.0438. The number of guanidine groups is 1. The maximum atomic E-state index is 5.04. The van der Waals surface area contributed by atoms with Crippen LogP contribution in [0.4, 0.5) is 0 Å². The van der Waals surface area contributed by atoms with Gasteiger partial charge in [0.25, 0.3) is 0 Å². The van der Waals surface area contributed by atoms with E-state index in [0.717, 1.165) is 5.69 Å². The van der Waals surface area contributed by atoms with Crippen molar-refractivity contribution < 1.29 is 0 Å². The molecular weight excluding hydrogens is 178 g/mol. The number of hydrogen-bond acceptors (Lipinski definition) is 2. The van der Waals surface area contributed by atoms with E-state index < -0.39 is 0 Å². The van der Waals surface area contributed by atoms with E-state index in [9.17, 15) is 0 Å². The molecule has 12 heavy (non-hydrogen) atoms. The number of rotatable bonds is 2. The zero-order valence-corrected chi connectivity index (χ0v) is 7.08. The molecule has 0 radical (unpaired) electrons. The minimum atomic E-state index is -0.0483. The fraction of sp³-hybridized carbons (Fsp3) is 0. The van der Waals surface area contributed by atoms with Gasteiger partial charge < -0.3 is 16.5 Å². The van der Waals surface area contributed by atoms with E-state index in [0.29, 0.717) is 0 Å². The number of halogens is 1. The largest absolute Gasteiger partial charge is 0.369 e. The fourth-order valence-electron chi connectivity index (χ4n) is 0.582. The van der Waals surface area contributed by atoms with Crippen LogP contribution < -0.4 is 11.5 Å². The zero-order chi connectivity index (χ0) is 8.10. The highest BCUT2D eigenvalue weighted by Crippen LogP contribution is 1.88. The summed E-state index contributed by atoms with van der Waals surface area (Å²) in [5.41, 5.74) is 10.9. The van der Waals surface area contributed by atoms with Gasteiger partial charge in [0.1, 0.15) is 0 Å². The van der Waals surface area contributed by atoms with E-state index in [1.54, 1.807) is 6.20 Å². The first-order valence-corrected chi connectivity index (χ1v) is 3.04.